The number of carbonyl (C=O) groups excluding carboxylic acids is 1. The third-order valence-corrected chi connectivity index (χ3v) is 3.06. The summed E-state index contributed by atoms with van der Waals surface area (Å²) in [6, 6.07) is 5.09. The lowest BCUT2D eigenvalue weighted by atomic mass is 10.1. The molecule has 1 aliphatic rings. The molecule has 0 N–H and O–H groups in total. The summed E-state index contributed by atoms with van der Waals surface area (Å²) in [6.45, 7) is 3.86. The molecule has 4 heteroatoms. The largest absolute Gasteiger partial charge is 0.497 e. The number of esters is 1. The fraction of sp³-hybridized carbons (Fsp3) is 0.462. The van der Waals surface area contributed by atoms with E-state index in [4.69, 9.17) is 14.2 Å². The van der Waals surface area contributed by atoms with Crippen molar-refractivity contribution in [2.75, 3.05) is 7.11 Å². The van der Waals surface area contributed by atoms with Crippen LogP contribution >= 0.6 is 0 Å². The normalized spacial score (nSPS) is 16.8. The Balaban J connectivity index is 2.43. The lowest BCUT2D eigenvalue weighted by Crippen LogP contribution is -2.43. The van der Waals surface area contributed by atoms with Crippen molar-refractivity contribution in [2.24, 2.45) is 0 Å². The smallest absolute Gasteiger partial charge is 0.345 e. The Morgan fingerprint density at radius 2 is 1.94 bits per heavy atom. The first-order valence-electron chi connectivity index (χ1n) is 5.74. The molecule has 0 spiro atoms. The van der Waals surface area contributed by atoms with E-state index in [0.717, 1.165) is 0 Å². The molecule has 0 aliphatic carbocycles. The van der Waals surface area contributed by atoms with Gasteiger partial charge in [0.05, 0.1) is 7.11 Å². The van der Waals surface area contributed by atoms with E-state index in [-0.39, 0.29) is 5.97 Å². The van der Waals surface area contributed by atoms with E-state index >= 15 is 0 Å². The molecule has 0 saturated carbocycles. The van der Waals surface area contributed by atoms with E-state index in [1.807, 2.05) is 13.8 Å². The van der Waals surface area contributed by atoms with Crippen LogP contribution in [-0.4, -0.2) is 18.9 Å². The summed E-state index contributed by atoms with van der Waals surface area (Å²) in [5.41, 5.74) is 0.448. The Morgan fingerprint density at radius 1 is 1.24 bits per heavy atom. The molecule has 0 saturated heterocycles. The maximum atomic E-state index is 11.9. The molecular formula is C13H16O4. The van der Waals surface area contributed by atoms with Gasteiger partial charge in [0.1, 0.15) is 17.1 Å². The maximum absolute atomic E-state index is 11.9. The fourth-order valence-corrected chi connectivity index (χ4v) is 1.87. The highest BCUT2D eigenvalue weighted by atomic mass is 16.7. The molecule has 1 aromatic carbocycles. The van der Waals surface area contributed by atoms with E-state index in [0.29, 0.717) is 29.9 Å². The minimum atomic E-state index is -0.837. The lowest BCUT2D eigenvalue weighted by molar-refractivity contribution is -0.158. The van der Waals surface area contributed by atoms with Gasteiger partial charge >= 0.3 is 5.97 Å². The molecule has 0 unspecified atom stereocenters. The van der Waals surface area contributed by atoms with Crippen molar-refractivity contribution in [2.45, 2.75) is 32.5 Å². The molecule has 0 amide bonds. The van der Waals surface area contributed by atoms with E-state index < -0.39 is 5.79 Å². The van der Waals surface area contributed by atoms with Crippen molar-refractivity contribution in [3.05, 3.63) is 23.8 Å². The number of methoxy groups -OCH3 is 1. The molecule has 0 radical (unpaired) electrons. The van der Waals surface area contributed by atoms with Gasteiger partial charge < -0.3 is 14.2 Å². The first-order chi connectivity index (χ1) is 8.14. The molecular weight excluding hydrogens is 220 g/mol. The molecule has 1 aromatic rings. The van der Waals surface area contributed by atoms with Gasteiger partial charge in [0, 0.05) is 18.9 Å². The van der Waals surface area contributed by atoms with E-state index in [1.165, 1.54) is 0 Å². The molecule has 1 heterocycles. The molecule has 1 aliphatic heterocycles. The first-order valence-corrected chi connectivity index (χ1v) is 5.74. The summed E-state index contributed by atoms with van der Waals surface area (Å²) in [5, 5.41) is 0. The van der Waals surface area contributed by atoms with Crippen molar-refractivity contribution in [1.29, 1.82) is 0 Å². The van der Waals surface area contributed by atoms with Crippen LogP contribution < -0.4 is 9.47 Å². The summed E-state index contributed by atoms with van der Waals surface area (Å²) in [4.78, 5) is 11.9. The Bertz CT molecular complexity index is 435. The number of hydrogen-bond donors (Lipinski definition) is 0. The minimum Gasteiger partial charge on any atom is -0.497 e. The highest BCUT2D eigenvalue weighted by Gasteiger charge is 2.39. The molecule has 17 heavy (non-hydrogen) atoms. The quantitative estimate of drug-likeness (QED) is 0.757. The number of benzene rings is 1. The standard InChI is InChI=1S/C13H16O4/c1-4-13(5-2)16-11-8-9(15-3)6-7-10(11)12(14)17-13/h6-8H,4-5H2,1-3H3. The van der Waals surface area contributed by atoms with Crippen LogP contribution in [0.4, 0.5) is 0 Å². The number of carbonyl (C=O) groups is 1. The van der Waals surface area contributed by atoms with Crippen LogP contribution in [0.1, 0.15) is 37.0 Å². The first kappa shape index (κ1) is 11.8. The topological polar surface area (TPSA) is 44.8 Å². The lowest BCUT2D eigenvalue weighted by Gasteiger charge is -2.36. The van der Waals surface area contributed by atoms with Crippen LogP contribution in [0, 0.1) is 0 Å². The van der Waals surface area contributed by atoms with Crippen molar-refractivity contribution in [1.82, 2.24) is 0 Å². The van der Waals surface area contributed by atoms with Gasteiger partial charge in [-0.2, -0.15) is 0 Å². The van der Waals surface area contributed by atoms with E-state index in [1.54, 1.807) is 25.3 Å². The number of rotatable bonds is 3. The van der Waals surface area contributed by atoms with Crippen molar-refractivity contribution in [3.8, 4) is 11.5 Å². The number of cyclic esters (lactones) is 1. The van der Waals surface area contributed by atoms with Gasteiger partial charge in [-0.25, -0.2) is 4.79 Å². The highest BCUT2D eigenvalue weighted by Crippen LogP contribution is 2.37. The third kappa shape index (κ3) is 1.95. The summed E-state index contributed by atoms with van der Waals surface area (Å²) >= 11 is 0. The van der Waals surface area contributed by atoms with Gasteiger partial charge in [-0.15, -0.1) is 0 Å². The molecule has 4 nitrogen and oxygen atoms in total. The van der Waals surface area contributed by atoms with Crippen molar-refractivity contribution < 1.29 is 19.0 Å². The molecule has 2 rings (SSSR count). The Kier molecular flexibility index (Phi) is 2.96. The van der Waals surface area contributed by atoms with Gasteiger partial charge in [0.2, 0.25) is 0 Å². The number of fused-ring (bicyclic) bond motifs is 1. The van der Waals surface area contributed by atoms with Crippen LogP contribution in [0.15, 0.2) is 18.2 Å². The second-order valence-corrected chi connectivity index (χ2v) is 3.97. The zero-order valence-corrected chi connectivity index (χ0v) is 10.3. The average Bonchev–Trinajstić information content (AvgIpc) is 2.37. The Labute approximate surface area is 100 Å². The highest BCUT2D eigenvalue weighted by molar-refractivity contribution is 5.93. The average molecular weight is 236 g/mol. The fourth-order valence-electron chi connectivity index (χ4n) is 1.87. The second-order valence-electron chi connectivity index (χ2n) is 3.97. The summed E-state index contributed by atoms with van der Waals surface area (Å²) in [5.74, 6) is 0.0256. The maximum Gasteiger partial charge on any atom is 0.345 e. The third-order valence-electron chi connectivity index (χ3n) is 3.06. The van der Waals surface area contributed by atoms with Crippen molar-refractivity contribution in [3.63, 3.8) is 0 Å². The van der Waals surface area contributed by atoms with Gasteiger partial charge in [0.25, 0.3) is 5.79 Å². The van der Waals surface area contributed by atoms with E-state index in [9.17, 15) is 4.79 Å². The molecule has 0 atom stereocenters. The minimum absolute atomic E-state index is 0.336. The molecule has 0 aromatic heterocycles. The summed E-state index contributed by atoms with van der Waals surface area (Å²) in [7, 11) is 1.58. The molecule has 0 fully saturated rings. The second kappa shape index (κ2) is 4.28. The monoisotopic (exact) mass is 236 g/mol. The predicted octanol–water partition coefficient (Wildman–Crippen LogP) is 2.76. The Morgan fingerprint density at radius 3 is 2.53 bits per heavy atom. The van der Waals surface area contributed by atoms with Crippen LogP contribution in [0.25, 0.3) is 0 Å². The van der Waals surface area contributed by atoms with Gasteiger partial charge in [-0.05, 0) is 12.1 Å². The zero-order chi connectivity index (χ0) is 12.5. The number of ether oxygens (including phenoxy) is 3. The SMILES string of the molecule is CCC1(CC)OC(=O)c2ccc(OC)cc2O1. The van der Waals surface area contributed by atoms with Gasteiger partial charge in [-0.3, -0.25) is 0 Å². The van der Waals surface area contributed by atoms with Crippen molar-refractivity contribution >= 4 is 5.97 Å². The zero-order valence-electron chi connectivity index (χ0n) is 10.3. The van der Waals surface area contributed by atoms with Crippen LogP contribution in [0.3, 0.4) is 0 Å². The summed E-state index contributed by atoms with van der Waals surface area (Å²) < 4.78 is 16.3. The van der Waals surface area contributed by atoms with Crippen LogP contribution in [0.5, 0.6) is 11.5 Å². The van der Waals surface area contributed by atoms with E-state index in [2.05, 4.69) is 0 Å². The summed E-state index contributed by atoms with van der Waals surface area (Å²) in [6.07, 6.45) is 1.23. The van der Waals surface area contributed by atoms with Crippen LogP contribution in [-0.2, 0) is 4.74 Å². The molecule has 92 valence electrons. The van der Waals surface area contributed by atoms with Gasteiger partial charge in [-0.1, -0.05) is 13.8 Å². The van der Waals surface area contributed by atoms with Crippen LogP contribution in [0.2, 0.25) is 0 Å². The van der Waals surface area contributed by atoms with Gasteiger partial charge in [0.15, 0.2) is 0 Å². The number of hydrogen-bond acceptors (Lipinski definition) is 4. The molecule has 0 bridgehead atoms. The Hall–Kier alpha value is -1.71. The predicted molar refractivity (Wildman–Crippen MR) is 62.4 cm³/mol.